The van der Waals surface area contributed by atoms with Gasteiger partial charge in [-0.25, -0.2) is 0 Å². The highest BCUT2D eigenvalue weighted by Gasteiger charge is 2.22. The number of thiocarbonyl (C=S) groups is 1. The Kier molecular flexibility index (Phi) is 8.48. The number of carbonyl (C=O) groups excluding carboxylic acids is 2. The summed E-state index contributed by atoms with van der Waals surface area (Å²) in [6, 6.07) is 26.2. The number of carbonyl (C=O) groups is 2. The maximum atomic E-state index is 12.9. The van der Waals surface area contributed by atoms with Gasteiger partial charge in [-0.1, -0.05) is 30.7 Å². The smallest absolute Gasteiger partial charge is 0.293 e. The van der Waals surface area contributed by atoms with Crippen LogP contribution in [0.2, 0.25) is 5.02 Å². The van der Waals surface area contributed by atoms with Gasteiger partial charge in [-0.15, -0.1) is 0 Å². The van der Waals surface area contributed by atoms with Gasteiger partial charge in [0.2, 0.25) is 0 Å². The van der Waals surface area contributed by atoms with Crippen molar-refractivity contribution < 1.29 is 14.0 Å². The van der Waals surface area contributed by atoms with Crippen LogP contribution >= 0.6 is 23.8 Å². The summed E-state index contributed by atoms with van der Waals surface area (Å²) in [5.74, 6) is 0.350. The summed E-state index contributed by atoms with van der Waals surface area (Å²) in [6.07, 6.45) is 0.958. The number of rotatable bonds is 6. The van der Waals surface area contributed by atoms with Crippen LogP contribution < -0.4 is 15.5 Å². The highest BCUT2D eigenvalue weighted by atomic mass is 35.5. The van der Waals surface area contributed by atoms with Crippen molar-refractivity contribution in [1.82, 2.24) is 10.2 Å². The lowest BCUT2D eigenvalue weighted by Crippen LogP contribution is -2.48. The molecule has 0 radical (unpaired) electrons. The molecule has 1 fully saturated rings. The molecule has 0 aliphatic carbocycles. The number of halogens is 1. The fourth-order valence-electron chi connectivity index (χ4n) is 4.55. The molecule has 9 heteroatoms. The second-order valence-electron chi connectivity index (χ2n) is 9.46. The lowest BCUT2D eigenvalue weighted by atomic mass is 10.1. The standard InChI is InChI=1S/C31H29ClN4O3S/c1-2-21-3-5-23(6-4-21)30(38)36-19-17-35(18-20-36)26-13-11-25(12-14-26)33-31(40)34-29(37)28-16-15-27(39-28)22-7-9-24(32)10-8-22/h3-16H,2,17-20H2,1H3,(H2,33,34,37,40). The van der Waals surface area contributed by atoms with E-state index in [1.165, 1.54) is 5.56 Å². The summed E-state index contributed by atoms with van der Waals surface area (Å²) in [7, 11) is 0. The fraction of sp³-hybridized carbons (Fsp3) is 0.194. The van der Waals surface area contributed by atoms with Crippen molar-refractivity contribution in [1.29, 1.82) is 0 Å². The Hall–Kier alpha value is -4.14. The van der Waals surface area contributed by atoms with Gasteiger partial charge in [0.25, 0.3) is 11.8 Å². The molecule has 1 aromatic heterocycles. The number of benzene rings is 3. The number of furan rings is 1. The molecule has 0 spiro atoms. The number of amides is 2. The third kappa shape index (κ3) is 6.52. The van der Waals surface area contributed by atoms with Gasteiger partial charge in [-0.3, -0.25) is 14.9 Å². The van der Waals surface area contributed by atoms with E-state index in [1.807, 2.05) is 65.6 Å². The molecule has 204 valence electrons. The Morgan fingerprint density at radius 3 is 2.20 bits per heavy atom. The zero-order valence-electron chi connectivity index (χ0n) is 22.0. The molecule has 0 bridgehead atoms. The maximum Gasteiger partial charge on any atom is 0.293 e. The van der Waals surface area contributed by atoms with Gasteiger partial charge in [0.1, 0.15) is 5.76 Å². The highest BCUT2D eigenvalue weighted by Crippen LogP contribution is 2.24. The Morgan fingerprint density at radius 1 is 0.875 bits per heavy atom. The van der Waals surface area contributed by atoms with Crippen molar-refractivity contribution in [3.8, 4) is 11.3 Å². The fourth-order valence-corrected chi connectivity index (χ4v) is 4.88. The normalized spacial score (nSPS) is 13.2. The molecular weight excluding hydrogens is 544 g/mol. The van der Waals surface area contributed by atoms with Gasteiger partial charge in [0.15, 0.2) is 10.9 Å². The molecule has 2 amide bonds. The largest absolute Gasteiger partial charge is 0.451 e. The molecule has 1 aliphatic rings. The van der Waals surface area contributed by atoms with Crippen LogP contribution in [0.25, 0.3) is 11.3 Å². The number of hydrogen-bond acceptors (Lipinski definition) is 5. The van der Waals surface area contributed by atoms with Crippen molar-refractivity contribution >= 4 is 52.1 Å². The lowest BCUT2D eigenvalue weighted by molar-refractivity contribution is 0.0746. The predicted molar refractivity (Wildman–Crippen MR) is 163 cm³/mol. The van der Waals surface area contributed by atoms with Gasteiger partial charge < -0.3 is 19.5 Å². The van der Waals surface area contributed by atoms with E-state index in [0.717, 1.165) is 42.0 Å². The van der Waals surface area contributed by atoms with E-state index in [-0.39, 0.29) is 16.8 Å². The summed E-state index contributed by atoms with van der Waals surface area (Å²) < 4.78 is 5.69. The summed E-state index contributed by atoms with van der Waals surface area (Å²) in [4.78, 5) is 29.7. The van der Waals surface area contributed by atoms with Crippen LogP contribution in [0.1, 0.15) is 33.4 Å². The molecule has 0 unspecified atom stereocenters. The monoisotopic (exact) mass is 572 g/mol. The number of hydrogen-bond donors (Lipinski definition) is 2. The Labute approximate surface area is 243 Å². The molecule has 4 aromatic rings. The molecule has 1 saturated heterocycles. The minimum absolute atomic E-state index is 0.0770. The van der Waals surface area contributed by atoms with Crippen LogP contribution in [0.15, 0.2) is 89.3 Å². The summed E-state index contributed by atoms with van der Waals surface area (Å²) in [5.41, 5.74) is 4.59. The maximum absolute atomic E-state index is 12.9. The van der Waals surface area contributed by atoms with E-state index < -0.39 is 5.91 Å². The number of piperazine rings is 1. The first-order valence-corrected chi connectivity index (χ1v) is 13.9. The molecule has 7 nitrogen and oxygen atoms in total. The summed E-state index contributed by atoms with van der Waals surface area (Å²) in [6.45, 7) is 4.93. The van der Waals surface area contributed by atoms with Crippen LogP contribution in [0.4, 0.5) is 11.4 Å². The van der Waals surface area contributed by atoms with Gasteiger partial charge in [0.05, 0.1) is 0 Å². The van der Waals surface area contributed by atoms with E-state index in [9.17, 15) is 9.59 Å². The third-order valence-electron chi connectivity index (χ3n) is 6.85. The molecule has 40 heavy (non-hydrogen) atoms. The van der Waals surface area contributed by atoms with E-state index in [0.29, 0.717) is 23.9 Å². The highest BCUT2D eigenvalue weighted by molar-refractivity contribution is 7.80. The van der Waals surface area contributed by atoms with Crippen molar-refractivity contribution in [3.05, 3.63) is 107 Å². The zero-order chi connectivity index (χ0) is 28.1. The molecule has 1 aliphatic heterocycles. The first-order chi connectivity index (χ1) is 19.4. The van der Waals surface area contributed by atoms with Crippen molar-refractivity contribution in [2.45, 2.75) is 13.3 Å². The minimum atomic E-state index is -0.442. The minimum Gasteiger partial charge on any atom is -0.451 e. The lowest BCUT2D eigenvalue weighted by Gasteiger charge is -2.36. The average Bonchev–Trinajstić information content (AvgIpc) is 3.48. The SMILES string of the molecule is CCc1ccc(C(=O)N2CCN(c3ccc(NC(=S)NC(=O)c4ccc(-c5ccc(Cl)cc5)o4)cc3)CC2)cc1. The van der Waals surface area contributed by atoms with Gasteiger partial charge in [0, 0.05) is 53.7 Å². The van der Waals surface area contributed by atoms with E-state index in [1.54, 1.807) is 24.3 Å². The van der Waals surface area contributed by atoms with Crippen LogP contribution in [0.3, 0.4) is 0 Å². The van der Waals surface area contributed by atoms with Crippen LogP contribution in [0.5, 0.6) is 0 Å². The van der Waals surface area contributed by atoms with Crippen molar-refractivity contribution in [2.75, 3.05) is 36.4 Å². The van der Waals surface area contributed by atoms with Crippen LogP contribution in [0, 0.1) is 0 Å². The molecule has 5 rings (SSSR count). The third-order valence-corrected chi connectivity index (χ3v) is 7.31. The van der Waals surface area contributed by atoms with E-state index >= 15 is 0 Å². The quantitative estimate of drug-likeness (QED) is 0.266. The average molecular weight is 573 g/mol. The molecule has 2 heterocycles. The van der Waals surface area contributed by atoms with Crippen molar-refractivity contribution in [3.63, 3.8) is 0 Å². The topological polar surface area (TPSA) is 77.8 Å². The second kappa shape index (κ2) is 12.4. The number of anilines is 2. The first kappa shape index (κ1) is 27.4. The van der Waals surface area contributed by atoms with Crippen molar-refractivity contribution in [2.24, 2.45) is 0 Å². The molecule has 3 aromatic carbocycles. The Morgan fingerprint density at radius 2 is 1.55 bits per heavy atom. The molecule has 2 N–H and O–H groups in total. The summed E-state index contributed by atoms with van der Waals surface area (Å²) in [5, 5.41) is 6.48. The second-order valence-corrected chi connectivity index (χ2v) is 10.3. The molecule has 0 saturated carbocycles. The van der Waals surface area contributed by atoms with Crippen LogP contribution in [-0.2, 0) is 6.42 Å². The van der Waals surface area contributed by atoms with Gasteiger partial charge in [-0.05, 0) is 97.0 Å². The van der Waals surface area contributed by atoms with E-state index in [4.69, 9.17) is 28.2 Å². The predicted octanol–water partition coefficient (Wildman–Crippen LogP) is 6.25. The van der Waals surface area contributed by atoms with Crippen LogP contribution in [-0.4, -0.2) is 48.0 Å². The van der Waals surface area contributed by atoms with Gasteiger partial charge in [-0.2, -0.15) is 0 Å². The van der Waals surface area contributed by atoms with E-state index in [2.05, 4.69) is 22.5 Å². The van der Waals surface area contributed by atoms with Gasteiger partial charge >= 0.3 is 0 Å². The summed E-state index contributed by atoms with van der Waals surface area (Å²) >= 11 is 11.3. The number of aryl methyl sites for hydroxylation is 1. The molecule has 0 atom stereocenters. The molecular formula is C31H29ClN4O3S. The first-order valence-electron chi connectivity index (χ1n) is 13.1. The zero-order valence-corrected chi connectivity index (χ0v) is 23.6. The number of nitrogens with one attached hydrogen (secondary N) is 2. The Balaban J connectivity index is 1.10. The Bertz CT molecular complexity index is 1490. The number of nitrogens with zero attached hydrogens (tertiary/aromatic N) is 2.